The summed E-state index contributed by atoms with van der Waals surface area (Å²) in [5.74, 6) is 6.02. The predicted molar refractivity (Wildman–Crippen MR) is 61.2 cm³/mol. The van der Waals surface area contributed by atoms with Crippen molar-refractivity contribution in [3.8, 4) is 11.8 Å². The largest absolute Gasteiger partial charge is 0.326 e. The molecule has 0 atom stereocenters. The van der Waals surface area contributed by atoms with Crippen LogP contribution in [0.3, 0.4) is 0 Å². The van der Waals surface area contributed by atoms with Crippen LogP contribution >= 0.6 is 0 Å². The van der Waals surface area contributed by atoms with E-state index in [0.29, 0.717) is 13.1 Å². The minimum absolute atomic E-state index is 0.513. The summed E-state index contributed by atoms with van der Waals surface area (Å²) in [7, 11) is 0. The molecule has 16 heavy (non-hydrogen) atoms. The maximum Gasteiger partial charge on any atom is 0.113 e. The van der Waals surface area contributed by atoms with Crippen LogP contribution < -0.4 is 5.73 Å². The zero-order chi connectivity index (χ0) is 11.2. The summed E-state index contributed by atoms with van der Waals surface area (Å²) in [5.41, 5.74) is 7.33. The van der Waals surface area contributed by atoms with E-state index in [1.54, 1.807) is 18.7 Å². The highest BCUT2D eigenvalue weighted by atomic mass is 15.0. The van der Waals surface area contributed by atoms with Gasteiger partial charge in [0.1, 0.15) is 5.69 Å². The van der Waals surface area contributed by atoms with E-state index in [1.807, 2.05) is 22.9 Å². The lowest BCUT2D eigenvalue weighted by molar-refractivity contribution is 0.839. The van der Waals surface area contributed by atoms with Gasteiger partial charge in [0.15, 0.2) is 0 Å². The summed E-state index contributed by atoms with van der Waals surface area (Å²) in [5, 5.41) is 0. The van der Waals surface area contributed by atoms with E-state index < -0.39 is 0 Å². The van der Waals surface area contributed by atoms with Crippen LogP contribution in [0.2, 0.25) is 0 Å². The first-order valence-electron chi connectivity index (χ1n) is 4.98. The number of nitrogens with zero attached hydrogens (tertiary/aromatic N) is 3. The quantitative estimate of drug-likeness (QED) is 0.749. The van der Waals surface area contributed by atoms with Gasteiger partial charge in [0.2, 0.25) is 0 Å². The third kappa shape index (κ3) is 2.69. The van der Waals surface area contributed by atoms with Gasteiger partial charge >= 0.3 is 0 Å². The number of hydrogen-bond acceptors (Lipinski definition) is 3. The molecule has 2 heterocycles. The Hall–Kier alpha value is -2.12. The van der Waals surface area contributed by atoms with Gasteiger partial charge in [-0.25, -0.2) is 9.97 Å². The lowest BCUT2D eigenvalue weighted by Gasteiger charge is -1.95. The van der Waals surface area contributed by atoms with Crippen LogP contribution in [-0.2, 0) is 13.1 Å². The van der Waals surface area contributed by atoms with Gasteiger partial charge < -0.3 is 10.3 Å². The van der Waals surface area contributed by atoms with Crippen molar-refractivity contribution >= 4 is 0 Å². The molecule has 2 N–H and O–H groups in total. The summed E-state index contributed by atoms with van der Waals surface area (Å²) in [4.78, 5) is 8.09. The van der Waals surface area contributed by atoms with Crippen molar-refractivity contribution in [2.24, 2.45) is 5.73 Å². The number of pyridine rings is 1. The minimum atomic E-state index is 0.513. The van der Waals surface area contributed by atoms with Gasteiger partial charge in [-0.05, 0) is 23.6 Å². The van der Waals surface area contributed by atoms with E-state index in [9.17, 15) is 0 Å². The van der Waals surface area contributed by atoms with Gasteiger partial charge in [-0.1, -0.05) is 5.92 Å². The lowest BCUT2D eigenvalue weighted by Crippen LogP contribution is -1.97. The fourth-order valence-electron chi connectivity index (χ4n) is 1.27. The summed E-state index contributed by atoms with van der Waals surface area (Å²) in [6.45, 7) is 1.13. The zero-order valence-electron chi connectivity index (χ0n) is 8.80. The molecule has 0 saturated carbocycles. The average Bonchev–Trinajstić information content (AvgIpc) is 2.82. The Morgan fingerprint density at radius 2 is 2.31 bits per heavy atom. The Morgan fingerprint density at radius 1 is 1.38 bits per heavy atom. The molecular weight excluding hydrogens is 200 g/mol. The summed E-state index contributed by atoms with van der Waals surface area (Å²) in [6.07, 6.45) is 7.06. The topological polar surface area (TPSA) is 56.7 Å². The second-order valence-corrected chi connectivity index (χ2v) is 3.29. The van der Waals surface area contributed by atoms with Crippen molar-refractivity contribution in [1.82, 2.24) is 14.5 Å². The molecule has 0 aromatic carbocycles. The molecule has 0 amide bonds. The van der Waals surface area contributed by atoms with Crippen LogP contribution in [-0.4, -0.2) is 14.5 Å². The molecule has 2 aromatic rings. The Bertz CT molecular complexity index is 505. The summed E-state index contributed by atoms with van der Waals surface area (Å²) < 4.78 is 1.90. The monoisotopic (exact) mass is 212 g/mol. The first kappa shape index (κ1) is 10.4. The molecule has 0 aliphatic carbocycles. The lowest BCUT2D eigenvalue weighted by atomic mass is 10.2. The second kappa shape index (κ2) is 5.10. The van der Waals surface area contributed by atoms with E-state index in [4.69, 9.17) is 5.73 Å². The van der Waals surface area contributed by atoms with Crippen LogP contribution in [0.4, 0.5) is 0 Å². The Kier molecular flexibility index (Phi) is 3.31. The number of rotatable bonds is 2. The van der Waals surface area contributed by atoms with Crippen molar-refractivity contribution in [2.75, 3.05) is 0 Å². The molecule has 0 spiro atoms. The Balaban J connectivity index is 2.06. The number of hydrogen-bond donors (Lipinski definition) is 1. The Morgan fingerprint density at radius 3 is 3.06 bits per heavy atom. The van der Waals surface area contributed by atoms with Crippen molar-refractivity contribution in [3.05, 3.63) is 48.3 Å². The van der Waals surface area contributed by atoms with E-state index in [2.05, 4.69) is 21.8 Å². The van der Waals surface area contributed by atoms with E-state index in [0.717, 1.165) is 11.3 Å². The predicted octanol–water partition coefficient (Wildman–Crippen LogP) is 0.788. The fourth-order valence-corrected chi connectivity index (χ4v) is 1.27. The Labute approximate surface area is 94.1 Å². The molecule has 0 aliphatic heterocycles. The highest BCUT2D eigenvalue weighted by Gasteiger charge is 1.91. The molecular formula is C12H12N4. The maximum atomic E-state index is 5.54. The number of aromatic nitrogens is 3. The van der Waals surface area contributed by atoms with Gasteiger partial charge in [-0.2, -0.15) is 0 Å². The molecule has 80 valence electrons. The van der Waals surface area contributed by atoms with Gasteiger partial charge in [-0.3, -0.25) is 0 Å². The van der Waals surface area contributed by atoms with Crippen LogP contribution in [0.15, 0.2) is 37.1 Å². The zero-order valence-corrected chi connectivity index (χ0v) is 8.80. The van der Waals surface area contributed by atoms with Crippen LogP contribution in [0.1, 0.15) is 11.3 Å². The molecule has 0 radical (unpaired) electrons. The van der Waals surface area contributed by atoms with Crippen molar-refractivity contribution in [3.63, 3.8) is 0 Å². The average molecular weight is 212 g/mol. The molecule has 2 aromatic heterocycles. The second-order valence-electron chi connectivity index (χ2n) is 3.29. The third-order valence-electron chi connectivity index (χ3n) is 2.10. The molecule has 0 saturated heterocycles. The maximum absolute atomic E-state index is 5.54. The van der Waals surface area contributed by atoms with Gasteiger partial charge in [0.05, 0.1) is 12.9 Å². The summed E-state index contributed by atoms with van der Waals surface area (Å²) >= 11 is 0. The highest BCUT2D eigenvalue weighted by Crippen LogP contribution is 1.98. The first-order chi connectivity index (χ1) is 7.88. The highest BCUT2D eigenvalue weighted by molar-refractivity contribution is 5.30. The van der Waals surface area contributed by atoms with Crippen LogP contribution in [0.25, 0.3) is 0 Å². The molecule has 0 unspecified atom stereocenters. The first-order valence-corrected chi connectivity index (χ1v) is 4.98. The van der Waals surface area contributed by atoms with Crippen molar-refractivity contribution in [2.45, 2.75) is 13.1 Å². The van der Waals surface area contributed by atoms with Crippen molar-refractivity contribution < 1.29 is 0 Å². The van der Waals surface area contributed by atoms with E-state index >= 15 is 0 Å². The van der Waals surface area contributed by atoms with Gasteiger partial charge in [-0.15, -0.1) is 0 Å². The van der Waals surface area contributed by atoms with Gasteiger partial charge in [0, 0.05) is 25.1 Å². The van der Waals surface area contributed by atoms with Crippen LogP contribution in [0, 0.1) is 11.8 Å². The van der Waals surface area contributed by atoms with Crippen molar-refractivity contribution in [1.29, 1.82) is 0 Å². The molecule has 0 aliphatic rings. The standard InChI is InChI=1S/C12H12N4/c13-9-11-3-4-15-12(8-11)2-1-6-16-7-5-14-10-16/h3-5,7-8,10H,6,9,13H2. The van der Waals surface area contributed by atoms with Crippen LogP contribution in [0.5, 0.6) is 0 Å². The van der Waals surface area contributed by atoms with E-state index in [-0.39, 0.29) is 0 Å². The number of nitrogens with two attached hydrogens (primary N) is 1. The molecule has 0 fully saturated rings. The van der Waals surface area contributed by atoms with Gasteiger partial charge in [0.25, 0.3) is 0 Å². The normalized spacial score (nSPS) is 9.56. The minimum Gasteiger partial charge on any atom is -0.326 e. The smallest absolute Gasteiger partial charge is 0.113 e. The molecule has 2 rings (SSSR count). The third-order valence-corrected chi connectivity index (χ3v) is 2.10. The molecule has 4 nitrogen and oxygen atoms in total. The molecule has 4 heteroatoms. The number of imidazole rings is 1. The molecule has 0 bridgehead atoms. The SMILES string of the molecule is NCc1ccnc(C#CCn2ccnc2)c1. The fraction of sp³-hybridized carbons (Fsp3) is 0.167. The van der Waals surface area contributed by atoms with E-state index in [1.165, 1.54) is 0 Å². The summed E-state index contributed by atoms with van der Waals surface area (Å²) in [6, 6.07) is 3.79.